The van der Waals surface area contributed by atoms with Gasteiger partial charge in [0.1, 0.15) is 34.6 Å². The number of carbonyl (C=O) groups excluding carboxylic acids is 7. The molecule has 5 aliphatic heterocycles. The van der Waals surface area contributed by atoms with E-state index in [9.17, 15) is 33.6 Å². The first-order valence-corrected chi connectivity index (χ1v) is 21.9. The summed E-state index contributed by atoms with van der Waals surface area (Å²) in [7, 11) is 0. The molecule has 18 heteroatoms. The second-order valence-corrected chi connectivity index (χ2v) is 16.9. The fourth-order valence-corrected chi connectivity index (χ4v) is 9.52. The molecule has 5 N–H and O–H groups in total. The largest absolute Gasteiger partial charge is 0.457 e. The van der Waals surface area contributed by atoms with Crippen molar-refractivity contribution in [3.8, 4) is 22.8 Å². The number of nitrogens with one attached hydrogen (secondary N) is 3. The number of nitrogens with two attached hydrogens (primary N) is 1. The SMILES string of the molecule is NC(=O)c1c(-c2ccc(Oc3ccccc3)cc2)nn2c1NCCC2C1CCN(C(=O)CCN2CCN(C(=O)CNc3ccc4c(c3)C(=O)N(C3CCC(=O)NC3=O)C4=O)CC2)CC1. The van der Waals surface area contributed by atoms with Crippen LogP contribution in [0.3, 0.4) is 0 Å². The average Bonchev–Trinajstić information content (AvgIpc) is 3.82. The zero-order valence-corrected chi connectivity index (χ0v) is 35.3. The highest BCUT2D eigenvalue weighted by atomic mass is 16.5. The molecule has 2 atom stereocenters. The van der Waals surface area contributed by atoms with Gasteiger partial charge in [0, 0.05) is 76.5 Å². The molecule has 0 spiro atoms. The van der Waals surface area contributed by atoms with E-state index in [2.05, 4.69) is 20.9 Å². The van der Waals surface area contributed by atoms with Crippen LogP contribution in [0.4, 0.5) is 11.5 Å². The lowest BCUT2D eigenvalue weighted by atomic mass is 9.86. The van der Waals surface area contributed by atoms with Crippen LogP contribution in [0.25, 0.3) is 11.3 Å². The summed E-state index contributed by atoms with van der Waals surface area (Å²) in [5.41, 5.74) is 8.40. The number of imide groups is 2. The third kappa shape index (κ3) is 8.52. The van der Waals surface area contributed by atoms with Crippen LogP contribution >= 0.6 is 0 Å². The summed E-state index contributed by atoms with van der Waals surface area (Å²) in [6.45, 7) is 4.84. The Bertz CT molecular complexity index is 2490. The molecule has 3 fully saturated rings. The van der Waals surface area contributed by atoms with Crippen molar-refractivity contribution < 1.29 is 38.3 Å². The van der Waals surface area contributed by atoms with Gasteiger partial charge < -0.3 is 30.9 Å². The molecule has 3 saturated heterocycles. The van der Waals surface area contributed by atoms with Gasteiger partial charge in [-0.05, 0) is 86.2 Å². The van der Waals surface area contributed by atoms with Gasteiger partial charge in [-0.3, -0.25) is 48.7 Å². The van der Waals surface area contributed by atoms with E-state index in [0.29, 0.717) is 87.3 Å². The number of amides is 7. The molecule has 0 bridgehead atoms. The number of piperidine rings is 2. The number of hydrogen-bond acceptors (Lipinski definition) is 12. The van der Waals surface area contributed by atoms with Crippen molar-refractivity contribution in [2.45, 2.75) is 50.6 Å². The number of ether oxygens (including phenoxy) is 1. The number of rotatable bonds is 12. The van der Waals surface area contributed by atoms with Crippen LogP contribution in [0.15, 0.2) is 72.8 Å². The van der Waals surface area contributed by atoms with Crippen LogP contribution in [0.5, 0.6) is 11.5 Å². The first-order valence-electron chi connectivity index (χ1n) is 21.9. The zero-order valence-electron chi connectivity index (χ0n) is 35.3. The van der Waals surface area contributed by atoms with E-state index in [4.69, 9.17) is 15.6 Å². The second kappa shape index (κ2) is 18.0. The van der Waals surface area contributed by atoms with Crippen LogP contribution in [-0.4, -0.2) is 136 Å². The third-order valence-corrected chi connectivity index (χ3v) is 13.0. The predicted octanol–water partition coefficient (Wildman–Crippen LogP) is 3.08. The molecule has 1 aromatic heterocycles. The van der Waals surface area contributed by atoms with E-state index >= 15 is 0 Å². The Morgan fingerprint density at radius 2 is 1.48 bits per heavy atom. The standard InChI is InChI=1S/C46H50N10O8/c47-42(60)40-41(29-6-9-32(10-7-29)64-31-4-2-1-3-5-31)51-56-35(14-18-48-43(40)56)28-15-20-53(21-16-28)38(58)17-19-52-22-24-54(25-23-52)39(59)27-49-30-8-11-33-34(26-30)46(63)55(45(33)62)36-12-13-37(57)50-44(36)61/h1-11,26,28,35-36,48-49H,12-25,27H2,(H2,47,60)(H,50,57,61). The van der Waals surface area contributed by atoms with Crippen molar-refractivity contribution in [1.82, 2.24) is 34.7 Å². The van der Waals surface area contributed by atoms with Crippen LogP contribution in [0, 0.1) is 5.92 Å². The number of aromatic nitrogens is 2. The lowest BCUT2D eigenvalue weighted by molar-refractivity contribution is -0.136. The molecule has 18 nitrogen and oxygen atoms in total. The van der Waals surface area contributed by atoms with Gasteiger partial charge in [0.15, 0.2) is 0 Å². The molecule has 3 aromatic carbocycles. The quantitative estimate of drug-likeness (QED) is 0.151. The Morgan fingerprint density at radius 1 is 0.781 bits per heavy atom. The van der Waals surface area contributed by atoms with E-state index in [1.165, 1.54) is 12.1 Å². The topological polar surface area (TPSA) is 222 Å². The van der Waals surface area contributed by atoms with Crippen molar-refractivity contribution >= 4 is 52.9 Å². The molecule has 0 aliphatic carbocycles. The molecule has 9 rings (SSSR count). The van der Waals surface area contributed by atoms with Gasteiger partial charge >= 0.3 is 0 Å². The first-order chi connectivity index (χ1) is 31.0. The van der Waals surface area contributed by atoms with Crippen LogP contribution < -0.4 is 26.4 Å². The molecule has 6 heterocycles. The number of fused-ring (bicyclic) bond motifs is 2. The Labute approximate surface area is 369 Å². The lowest BCUT2D eigenvalue weighted by Gasteiger charge is -2.39. The summed E-state index contributed by atoms with van der Waals surface area (Å²) in [5, 5.41) is 13.6. The number of carbonyl (C=O) groups is 7. The Morgan fingerprint density at radius 3 is 2.20 bits per heavy atom. The monoisotopic (exact) mass is 870 g/mol. The van der Waals surface area contributed by atoms with Gasteiger partial charge in [-0.15, -0.1) is 0 Å². The van der Waals surface area contributed by atoms with Crippen molar-refractivity contribution in [3.63, 3.8) is 0 Å². The summed E-state index contributed by atoms with van der Waals surface area (Å²) < 4.78 is 7.90. The fourth-order valence-electron chi connectivity index (χ4n) is 9.52. The van der Waals surface area contributed by atoms with E-state index < -0.39 is 35.6 Å². The minimum absolute atomic E-state index is 0.0159. The number of primary amides is 1. The van der Waals surface area contributed by atoms with E-state index in [1.54, 1.807) is 11.0 Å². The zero-order chi connectivity index (χ0) is 44.5. The molecular weight excluding hydrogens is 821 g/mol. The molecule has 4 aromatic rings. The number of anilines is 2. The number of piperazine rings is 1. The number of para-hydroxylation sites is 1. The average molecular weight is 871 g/mol. The molecule has 5 aliphatic rings. The number of hydrogen-bond donors (Lipinski definition) is 4. The molecule has 332 valence electrons. The van der Waals surface area contributed by atoms with E-state index in [-0.39, 0.29) is 54.3 Å². The van der Waals surface area contributed by atoms with Gasteiger partial charge in [0.05, 0.1) is 23.7 Å². The van der Waals surface area contributed by atoms with Gasteiger partial charge in [0.25, 0.3) is 17.7 Å². The summed E-state index contributed by atoms with van der Waals surface area (Å²) in [6, 6.07) is 20.6. The number of benzene rings is 3. The minimum atomic E-state index is -1.05. The summed E-state index contributed by atoms with van der Waals surface area (Å²) in [6.07, 6.45) is 2.97. The predicted molar refractivity (Wildman–Crippen MR) is 233 cm³/mol. The van der Waals surface area contributed by atoms with Crippen molar-refractivity contribution in [3.05, 3.63) is 89.5 Å². The van der Waals surface area contributed by atoms with Gasteiger partial charge in [-0.2, -0.15) is 5.10 Å². The second-order valence-electron chi connectivity index (χ2n) is 16.9. The first kappa shape index (κ1) is 42.2. The molecular formula is C46H50N10O8. The Hall–Kier alpha value is -7.08. The highest BCUT2D eigenvalue weighted by molar-refractivity contribution is 6.23. The van der Waals surface area contributed by atoms with Gasteiger partial charge in [-0.1, -0.05) is 18.2 Å². The summed E-state index contributed by atoms with van der Waals surface area (Å²) >= 11 is 0. The van der Waals surface area contributed by atoms with Crippen LogP contribution in [0.2, 0.25) is 0 Å². The van der Waals surface area contributed by atoms with Crippen LogP contribution in [-0.2, 0) is 19.2 Å². The Balaban J connectivity index is 0.724. The van der Waals surface area contributed by atoms with Crippen molar-refractivity contribution in [2.75, 3.05) is 69.5 Å². The summed E-state index contributed by atoms with van der Waals surface area (Å²) in [4.78, 5) is 96.4. The highest BCUT2D eigenvalue weighted by Crippen LogP contribution is 2.40. The molecule has 0 saturated carbocycles. The van der Waals surface area contributed by atoms with Crippen molar-refractivity contribution in [2.24, 2.45) is 11.7 Å². The number of nitrogens with zero attached hydrogens (tertiary/aromatic N) is 6. The smallest absolute Gasteiger partial charge is 0.262 e. The highest BCUT2D eigenvalue weighted by Gasteiger charge is 2.45. The fraction of sp³-hybridized carbons (Fsp3) is 0.391. The van der Waals surface area contributed by atoms with Crippen molar-refractivity contribution in [1.29, 1.82) is 0 Å². The number of likely N-dealkylation sites (tertiary alicyclic amines) is 1. The minimum Gasteiger partial charge on any atom is -0.457 e. The van der Waals surface area contributed by atoms with Gasteiger partial charge in [-0.25, -0.2) is 4.68 Å². The third-order valence-electron chi connectivity index (χ3n) is 13.0. The molecule has 7 amide bonds. The summed E-state index contributed by atoms with van der Waals surface area (Å²) in [5.74, 6) is -0.573. The maximum absolute atomic E-state index is 13.4. The van der Waals surface area contributed by atoms with E-state index in [1.807, 2.05) is 64.2 Å². The molecule has 0 radical (unpaired) electrons. The molecule has 2 unspecified atom stereocenters. The lowest BCUT2D eigenvalue weighted by Crippen LogP contribution is -2.54. The normalized spacial score (nSPS) is 20.3. The maximum Gasteiger partial charge on any atom is 0.262 e. The van der Waals surface area contributed by atoms with E-state index in [0.717, 1.165) is 35.5 Å². The molecule has 64 heavy (non-hydrogen) atoms. The Kier molecular flexibility index (Phi) is 11.8. The van der Waals surface area contributed by atoms with Gasteiger partial charge in [0.2, 0.25) is 23.6 Å². The maximum atomic E-state index is 13.4. The van der Waals surface area contributed by atoms with Crippen LogP contribution in [0.1, 0.15) is 75.6 Å².